The molecule has 0 unspecified atom stereocenters. The molecule has 1 aromatic heterocycles. The second-order valence-electron chi connectivity index (χ2n) is 6.93. The lowest BCUT2D eigenvalue weighted by molar-refractivity contribution is -0.121. The van der Waals surface area contributed by atoms with Gasteiger partial charge in [-0.15, -0.1) is 11.3 Å². The van der Waals surface area contributed by atoms with Crippen LogP contribution in [0.25, 0.3) is 16.5 Å². The van der Waals surface area contributed by atoms with Gasteiger partial charge in [-0.05, 0) is 53.9 Å². The first-order chi connectivity index (χ1) is 16.0. The third kappa shape index (κ3) is 6.25. The van der Waals surface area contributed by atoms with Crippen LogP contribution in [0.4, 0.5) is 13.2 Å². The van der Waals surface area contributed by atoms with E-state index in [1.807, 2.05) is 23.6 Å². The summed E-state index contributed by atoms with van der Waals surface area (Å²) in [5, 5.41) is 1.93. The molecule has 0 aliphatic carbocycles. The van der Waals surface area contributed by atoms with Crippen molar-refractivity contribution < 1.29 is 35.9 Å². The minimum atomic E-state index is -4.68. The van der Waals surface area contributed by atoms with Gasteiger partial charge in [0, 0.05) is 27.6 Å². The summed E-state index contributed by atoms with van der Waals surface area (Å²) in [5.74, 6) is 0.667. The van der Waals surface area contributed by atoms with Gasteiger partial charge in [0.05, 0.1) is 19.1 Å². The second-order valence-corrected chi connectivity index (χ2v) is 9.65. The molecule has 34 heavy (non-hydrogen) atoms. The van der Waals surface area contributed by atoms with Gasteiger partial charge >= 0.3 is 6.18 Å². The van der Waals surface area contributed by atoms with Crippen LogP contribution < -0.4 is 14.2 Å². The average Bonchev–Trinajstić information content (AvgIpc) is 3.35. The lowest BCUT2D eigenvalue weighted by Gasteiger charge is -2.12. The zero-order valence-corrected chi connectivity index (χ0v) is 19.7. The summed E-state index contributed by atoms with van der Waals surface area (Å²) < 4.78 is 73.2. The van der Waals surface area contributed by atoms with E-state index in [9.17, 15) is 26.4 Å². The molecule has 0 radical (unpaired) electrons. The molecule has 1 heterocycles. The number of sulfonamides is 1. The fraction of sp³-hybridized carbons (Fsp3) is 0.174. The SMILES string of the molecule is COc1cc(OC)c(-c2cccs2)cc1/C=C/C(=O)c1ccc(S(=O)(=O)NCC(F)(F)F)cc1. The summed E-state index contributed by atoms with van der Waals surface area (Å²) in [6.07, 6.45) is -1.82. The molecule has 3 aromatic rings. The summed E-state index contributed by atoms with van der Waals surface area (Å²) in [4.78, 5) is 13.2. The van der Waals surface area contributed by atoms with Gasteiger partial charge in [-0.3, -0.25) is 4.79 Å². The van der Waals surface area contributed by atoms with Crippen LogP contribution in [-0.4, -0.2) is 41.1 Å². The standard InChI is InChI=1S/C23H20F3NO5S2/c1-31-20-13-21(32-2)18(22-4-3-11-33-22)12-16(20)7-10-19(28)15-5-8-17(9-6-15)34(29,30)27-14-23(24,25)26/h3-13,27H,14H2,1-2H3/b10-7+. The summed E-state index contributed by atoms with van der Waals surface area (Å²) in [6.45, 7) is -1.68. The number of ketones is 1. The highest BCUT2D eigenvalue weighted by atomic mass is 32.2. The maximum atomic E-state index is 12.6. The molecule has 0 spiro atoms. The first-order valence-corrected chi connectivity index (χ1v) is 12.1. The number of carbonyl (C=O) groups is 1. The maximum absolute atomic E-state index is 12.6. The molecule has 0 saturated carbocycles. The zero-order valence-electron chi connectivity index (χ0n) is 18.0. The van der Waals surface area contributed by atoms with Crippen LogP contribution in [0.3, 0.4) is 0 Å². The first kappa shape index (κ1) is 25.5. The number of halogens is 3. The Balaban J connectivity index is 1.82. The largest absolute Gasteiger partial charge is 0.496 e. The monoisotopic (exact) mass is 511 g/mol. The highest BCUT2D eigenvalue weighted by Crippen LogP contribution is 2.38. The number of thiophene rings is 1. The smallest absolute Gasteiger partial charge is 0.402 e. The number of ether oxygens (including phenoxy) is 2. The zero-order chi connectivity index (χ0) is 24.9. The van der Waals surface area contributed by atoms with Crippen molar-refractivity contribution in [1.82, 2.24) is 4.72 Å². The average molecular weight is 512 g/mol. The Kier molecular flexibility index (Phi) is 7.80. The van der Waals surface area contributed by atoms with Gasteiger partial charge in [-0.2, -0.15) is 13.2 Å². The van der Waals surface area contributed by atoms with Crippen LogP contribution >= 0.6 is 11.3 Å². The Bertz CT molecular complexity index is 1280. The Morgan fingerprint density at radius 3 is 2.29 bits per heavy atom. The minimum absolute atomic E-state index is 0.164. The van der Waals surface area contributed by atoms with Crippen LogP contribution in [0.5, 0.6) is 11.5 Å². The summed E-state index contributed by atoms with van der Waals surface area (Å²) >= 11 is 1.53. The van der Waals surface area contributed by atoms with Crippen LogP contribution in [0.15, 0.2) is 64.9 Å². The van der Waals surface area contributed by atoms with Gasteiger partial charge in [0.25, 0.3) is 0 Å². The molecule has 0 atom stereocenters. The molecular formula is C23H20F3NO5S2. The number of rotatable bonds is 9. The normalized spacial score (nSPS) is 12.1. The molecule has 3 rings (SSSR count). The predicted molar refractivity (Wildman–Crippen MR) is 124 cm³/mol. The van der Waals surface area contributed by atoms with E-state index in [1.54, 1.807) is 19.3 Å². The summed E-state index contributed by atoms with van der Waals surface area (Å²) in [7, 11) is -1.32. The number of methoxy groups -OCH3 is 2. The van der Waals surface area contributed by atoms with Gasteiger partial charge in [-0.1, -0.05) is 6.07 Å². The van der Waals surface area contributed by atoms with E-state index in [1.165, 1.54) is 41.4 Å². The van der Waals surface area contributed by atoms with Crippen LogP contribution in [0.1, 0.15) is 15.9 Å². The molecule has 0 fully saturated rings. The van der Waals surface area contributed by atoms with Gasteiger partial charge < -0.3 is 9.47 Å². The van der Waals surface area contributed by atoms with Crippen LogP contribution in [-0.2, 0) is 10.0 Å². The molecular weight excluding hydrogens is 491 g/mol. The summed E-state index contributed by atoms with van der Waals surface area (Å²) in [6, 6.07) is 12.0. The van der Waals surface area contributed by atoms with Gasteiger partial charge in [0.15, 0.2) is 5.78 Å². The predicted octanol–water partition coefficient (Wildman–Crippen LogP) is 5.17. The van der Waals surface area contributed by atoms with Gasteiger partial charge in [0.2, 0.25) is 10.0 Å². The quantitative estimate of drug-likeness (QED) is 0.317. The summed E-state index contributed by atoms with van der Waals surface area (Å²) in [5.41, 5.74) is 1.61. The Hall–Kier alpha value is -3.15. The van der Waals surface area contributed by atoms with Crippen molar-refractivity contribution in [3.05, 3.63) is 71.1 Å². The molecule has 0 bridgehead atoms. The number of allylic oxidation sites excluding steroid dienone is 1. The topological polar surface area (TPSA) is 81.7 Å². The highest BCUT2D eigenvalue weighted by Gasteiger charge is 2.30. The van der Waals surface area contributed by atoms with Crippen molar-refractivity contribution in [2.24, 2.45) is 0 Å². The molecule has 0 saturated heterocycles. The van der Waals surface area contributed by atoms with E-state index in [2.05, 4.69) is 0 Å². The van der Waals surface area contributed by atoms with Crippen LogP contribution in [0.2, 0.25) is 0 Å². The molecule has 0 amide bonds. The van der Waals surface area contributed by atoms with Gasteiger partial charge in [-0.25, -0.2) is 13.1 Å². The van der Waals surface area contributed by atoms with Crippen molar-refractivity contribution in [3.8, 4) is 21.9 Å². The van der Waals surface area contributed by atoms with E-state index in [4.69, 9.17) is 9.47 Å². The van der Waals surface area contributed by atoms with Crippen molar-refractivity contribution in [1.29, 1.82) is 0 Å². The van der Waals surface area contributed by atoms with E-state index in [0.29, 0.717) is 17.1 Å². The number of hydrogen-bond donors (Lipinski definition) is 1. The molecule has 0 aliphatic rings. The van der Waals surface area contributed by atoms with Crippen molar-refractivity contribution in [2.75, 3.05) is 20.8 Å². The number of nitrogens with one attached hydrogen (secondary N) is 1. The number of benzene rings is 2. The first-order valence-electron chi connectivity index (χ1n) is 9.73. The van der Waals surface area contributed by atoms with Crippen molar-refractivity contribution in [3.63, 3.8) is 0 Å². The molecule has 11 heteroatoms. The molecule has 2 aromatic carbocycles. The number of alkyl halides is 3. The van der Waals surface area contributed by atoms with E-state index in [-0.39, 0.29) is 10.5 Å². The second kappa shape index (κ2) is 10.4. The fourth-order valence-corrected chi connectivity index (χ4v) is 4.76. The number of hydrogen-bond acceptors (Lipinski definition) is 6. The Morgan fingerprint density at radius 1 is 1.06 bits per heavy atom. The molecule has 6 nitrogen and oxygen atoms in total. The third-order valence-corrected chi connectivity index (χ3v) is 6.98. The van der Waals surface area contributed by atoms with E-state index < -0.39 is 28.5 Å². The number of carbonyl (C=O) groups excluding carboxylic acids is 1. The van der Waals surface area contributed by atoms with Crippen molar-refractivity contribution in [2.45, 2.75) is 11.1 Å². The molecule has 180 valence electrons. The van der Waals surface area contributed by atoms with E-state index in [0.717, 1.165) is 22.6 Å². The third-order valence-electron chi connectivity index (χ3n) is 4.66. The van der Waals surface area contributed by atoms with E-state index >= 15 is 0 Å². The molecule has 0 aliphatic heterocycles. The Labute approximate surface area is 198 Å². The lowest BCUT2D eigenvalue weighted by atomic mass is 10.0. The highest BCUT2D eigenvalue weighted by molar-refractivity contribution is 7.89. The van der Waals surface area contributed by atoms with Crippen molar-refractivity contribution >= 4 is 33.2 Å². The van der Waals surface area contributed by atoms with Gasteiger partial charge in [0.1, 0.15) is 18.0 Å². The Morgan fingerprint density at radius 2 is 1.74 bits per heavy atom. The molecule has 1 N–H and O–H groups in total. The van der Waals surface area contributed by atoms with Crippen LogP contribution in [0, 0.1) is 0 Å². The lowest BCUT2D eigenvalue weighted by Crippen LogP contribution is -2.33. The fourth-order valence-electron chi connectivity index (χ4n) is 3.00. The maximum Gasteiger partial charge on any atom is 0.402 e. The minimum Gasteiger partial charge on any atom is -0.496 e.